The van der Waals surface area contributed by atoms with Gasteiger partial charge in [0, 0.05) is 18.8 Å². The first-order valence-electron chi connectivity index (χ1n) is 9.52. The molecule has 156 valence electrons. The molecule has 0 aliphatic carbocycles. The van der Waals surface area contributed by atoms with Gasteiger partial charge in [0.2, 0.25) is 10.0 Å². The van der Waals surface area contributed by atoms with Gasteiger partial charge in [0.25, 0.3) is 10.0 Å². The van der Waals surface area contributed by atoms with Crippen molar-refractivity contribution in [2.24, 2.45) is 0 Å². The van der Waals surface area contributed by atoms with Crippen molar-refractivity contribution in [3.63, 3.8) is 0 Å². The number of nitrogens with zero attached hydrogens (tertiary/aromatic N) is 1. The van der Waals surface area contributed by atoms with Crippen LogP contribution in [0.2, 0.25) is 0 Å². The van der Waals surface area contributed by atoms with Crippen LogP contribution in [0.4, 0.5) is 5.69 Å². The van der Waals surface area contributed by atoms with Crippen molar-refractivity contribution < 1.29 is 16.8 Å². The fourth-order valence-electron chi connectivity index (χ4n) is 3.47. The van der Waals surface area contributed by atoms with Crippen LogP contribution < -0.4 is 4.72 Å². The molecular weight excluding hydrogens is 420 g/mol. The summed E-state index contributed by atoms with van der Waals surface area (Å²) in [6.07, 6.45) is 0.576. The molecule has 0 atom stereocenters. The van der Waals surface area contributed by atoms with Gasteiger partial charge in [0.1, 0.15) is 0 Å². The molecule has 0 unspecified atom stereocenters. The average Bonchev–Trinajstić information content (AvgIpc) is 2.74. The summed E-state index contributed by atoms with van der Waals surface area (Å²) in [6, 6.07) is 20.2. The molecule has 0 fully saturated rings. The van der Waals surface area contributed by atoms with Gasteiger partial charge < -0.3 is 0 Å². The first kappa shape index (κ1) is 20.6. The van der Waals surface area contributed by atoms with Gasteiger partial charge in [-0.15, -0.1) is 0 Å². The molecule has 0 saturated carbocycles. The zero-order chi connectivity index (χ0) is 21.4. The molecule has 0 saturated heterocycles. The van der Waals surface area contributed by atoms with Crippen molar-refractivity contribution in [1.29, 1.82) is 0 Å². The van der Waals surface area contributed by atoms with E-state index in [0.29, 0.717) is 18.7 Å². The number of rotatable bonds is 5. The van der Waals surface area contributed by atoms with E-state index < -0.39 is 20.0 Å². The standard InChI is InChI=1S/C22H22N2O4S2/c1-17-7-11-21(12-8-17)29(25,26)23-20-10-9-18-13-14-24(16-19(18)15-20)30(27,28)22-5-3-2-4-6-22/h2-12,15,23H,13-14,16H2,1H3. The SMILES string of the molecule is Cc1ccc(S(=O)(=O)Nc2ccc3c(c2)CN(S(=O)(=O)c2ccccc2)CC3)cc1. The second-order valence-electron chi connectivity index (χ2n) is 7.30. The molecular formula is C22H22N2O4S2. The Hall–Kier alpha value is -2.68. The van der Waals surface area contributed by atoms with E-state index in [1.807, 2.05) is 13.0 Å². The Labute approximate surface area is 177 Å². The van der Waals surface area contributed by atoms with E-state index in [2.05, 4.69) is 4.72 Å². The van der Waals surface area contributed by atoms with Gasteiger partial charge in [-0.25, -0.2) is 16.8 Å². The molecule has 1 aliphatic heterocycles. The van der Waals surface area contributed by atoms with Gasteiger partial charge in [-0.1, -0.05) is 42.0 Å². The molecule has 0 radical (unpaired) electrons. The minimum Gasteiger partial charge on any atom is -0.280 e. The summed E-state index contributed by atoms with van der Waals surface area (Å²) in [5, 5.41) is 0. The molecule has 8 heteroatoms. The summed E-state index contributed by atoms with van der Waals surface area (Å²) in [5.41, 5.74) is 3.20. The van der Waals surface area contributed by atoms with E-state index in [4.69, 9.17) is 0 Å². The van der Waals surface area contributed by atoms with Crippen molar-refractivity contribution in [3.8, 4) is 0 Å². The highest BCUT2D eigenvalue weighted by molar-refractivity contribution is 7.92. The Morgan fingerprint density at radius 1 is 0.800 bits per heavy atom. The highest BCUT2D eigenvalue weighted by atomic mass is 32.2. The van der Waals surface area contributed by atoms with Gasteiger partial charge >= 0.3 is 0 Å². The molecule has 0 amide bonds. The fourth-order valence-corrected chi connectivity index (χ4v) is 5.96. The number of benzene rings is 3. The van der Waals surface area contributed by atoms with Crippen LogP contribution in [0, 0.1) is 6.92 Å². The predicted molar refractivity (Wildman–Crippen MR) is 116 cm³/mol. The maximum atomic E-state index is 12.9. The van der Waals surface area contributed by atoms with E-state index in [0.717, 1.165) is 16.7 Å². The third-order valence-corrected chi connectivity index (χ3v) is 8.40. The van der Waals surface area contributed by atoms with Crippen molar-refractivity contribution in [2.45, 2.75) is 29.7 Å². The summed E-state index contributed by atoms with van der Waals surface area (Å²) in [7, 11) is -7.33. The first-order chi connectivity index (χ1) is 14.3. The second kappa shape index (κ2) is 7.86. The number of hydrogen-bond acceptors (Lipinski definition) is 4. The lowest BCUT2D eigenvalue weighted by Gasteiger charge is -2.28. The van der Waals surface area contributed by atoms with Crippen LogP contribution in [-0.4, -0.2) is 27.7 Å². The van der Waals surface area contributed by atoms with Gasteiger partial charge in [-0.05, 0) is 60.9 Å². The molecule has 6 nitrogen and oxygen atoms in total. The highest BCUT2D eigenvalue weighted by Crippen LogP contribution is 2.28. The third-order valence-electron chi connectivity index (χ3n) is 5.15. The summed E-state index contributed by atoms with van der Waals surface area (Å²) in [4.78, 5) is 0.434. The van der Waals surface area contributed by atoms with Crippen molar-refractivity contribution >= 4 is 25.7 Å². The summed E-state index contributed by atoms with van der Waals surface area (Å²) in [6.45, 7) is 2.48. The summed E-state index contributed by atoms with van der Waals surface area (Å²) in [5.74, 6) is 0. The number of nitrogens with one attached hydrogen (secondary N) is 1. The van der Waals surface area contributed by atoms with Gasteiger partial charge in [-0.2, -0.15) is 4.31 Å². The Balaban J connectivity index is 1.58. The first-order valence-corrected chi connectivity index (χ1v) is 12.4. The Bertz CT molecular complexity index is 1270. The van der Waals surface area contributed by atoms with Crippen molar-refractivity contribution in [3.05, 3.63) is 89.5 Å². The molecule has 1 N–H and O–H groups in total. The van der Waals surface area contributed by atoms with Crippen molar-refractivity contribution in [2.75, 3.05) is 11.3 Å². The lowest BCUT2D eigenvalue weighted by molar-refractivity contribution is 0.391. The van der Waals surface area contributed by atoms with Gasteiger partial charge in [0.15, 0.2) is 0 Å². The number of hydrogen-bond donors (Lipinski definition) is 1. The smallest absolute Gasteiger partial charge is 0.261 e. The molecule has 1 aliphatic rings. The van der Waals surface area contributed by atoms with E-state index in [1.165, 1.54) is 4.31 Å². The third kappa shape index (κ3) is 4.12. The minimum absolute atomic E-state index is 0.180. The van der Waals surface area contributed by atoms with E-state index in [1.54, 1.807) is 66.7 Å². The number of sulfonamides is 2. The molecule has 1 heterocycles. The van der Waals surface area contributed by atoms with E-state index in [-0.39, 0.29) is 16.3 Å². The molecule has 3 aromatic rings. The Morgan fingerprint density at radius 2 is 1.50 bits per heavy atom. The lowest BCUT2D eigenvalue weighted by atomic mass is 10.0. The number of fused-ring (bicyclic) bond motifs is 1. The summed E-state index contributed by atoms with van der Waals surface area (Å²) < 4.78 is 55.2. The lowest BCUT2D eigenvalue weighted by Crippen LogP contribution is -2.36. The molecule has 30 heavy (non-hydrogen) atoms. The molecule has 0 bridgehead atoms. The Morgan fingerprint density at radius 3 is 2.20 bits per heavy atom. The van der Waals surface area contributed by atoms with Crippen molar-refractivity contribution in [1.82, 2.24) is 4.31 Å². The van der Waals surface area contributed by atoms with Crippen LogP contribution in [-0.2, 0) is 33.0 Å². The molecule has 0 spiro atoms. The summed E-state index contributed by atoms with van der Waals surface area (Å²) >= 11 is 0. The largest absolute Gasteiger partial charge is 0.280 e. The van der Waals surface area contributed by atoms with Crippen LogP contribution in [0.5, 0.6) is 0 Å². The van der Waals surface area contributed by atoms with Crippen LogP contribution in [0.3, 0.4) is 0 Å². The predicted octanol–water partition coefficient (Wildman–Crippen LogP) is 3.54. The highest BCUT2D eigenvalue weighted by Gasteiger charge is 2.28. The molecule has 4 rings (SSSR count). The normalized spacial score (nSPS) is 14.8. The Kier molecular flexibility index (Phi) is 5.40. The quantitative estimate of drug-likeness (QED) is 0.655. The fraction of sp³-hybridized carbons (Fsp3) is 0.182. The monoisotopic (exact) mass is 442 g/mol. The van der Waals surface area contributed by atoms with Crippen LogP contribution in [0.15, 0.2) is 82.6 Å². The van der Waals surface area contributed by atoms with E-state index in [9.17, 15) is 16.8 Å². The number of aryl methyl sites for hydroxylation is 1. The molecule has 3 aromatic carbocycles. The average molecular weight is 443 g/mol. The van der Waals surface area contributed by atoms with Gasteiger partial charge in [-0.3, -0.25) is 4.72 Å². The minimum atomic E-state index is -3.72. The van der Waals surface area contributed by atoms with Crippen LogP contribution in [0.1, 0.15) is 16.7 Å². The maximum Gasteiger partial charge on any atom is 0.261 e. The van der Waals surface area contributed by atoms with Crippen LogP contribution >= 0.6 is 0 Å². The molecule has 0 aromatic heterocycles. The second-order valence-corrected chi connectivity index (χ2v) is 10.9. The zero-order valence-electron chi connectivity index (χ0n) is 16.4. The number of anilines is 1. The van der Waals surface area contributed by atoms with E-state index >= 15 is 0 Å². The maximum absolute atomic E-state index is 12.9. The zero-order valence-corrected chi connectivity index (χ0v) is 18.1. The topological polar surface area (TPSA) is 83.6 Å². The van der Waals surface area contributed by atoms with Crippen LogP contribution in [0.25, 0.3) is 0 Å². The van der Waals surface area contributed by atoms with Gasteiger partial charge in [0.05, 0.1) is 9.79 Å².